The zero-order chi connectivity index (χ0) is 21.1. The van der Waals surface area contributed by atoms with Crippen molar-refractivity contribution < 1.29 is 22.3 Å². The van der Waals surface area contributed by atoms with Crippen LogP contribution in [0, 0.1) is 5.82 Å². The van der Waals surface area contributed by atoms with Gasteiger partial charge in [0.05, 0.1) is 18.0 Å². The lowest BCUT2D eigenvalue weighted by Gasteiger charge is -2.34. The summed E-state index contributed by atoms with van der Waals surface area (Å²) in [5.41, 5.74) is 1.43. The second-order valence-electron chi connectivity index (χ2n) is 6.84. The number of anilines is 2. The number of para-hydroxylation sites is 2. The normalized spacial score (nSPS) is 15.8. The summed E-state index contributed by atoms with van der Waals surface area (Å²) in [7, 11) is -3.77. The lowest BCUT2D eigenvalue weighted by Crippen LogP contribution is -2.49. The number of amides is 1. The molecule has 0 saturated carbocycles. The number of sulfonamides is 1. The van der Waals surface area contributed by atoms with Crippen molar-refractivity contribution in [1.29, 1.82) is 0 Å². The molecular weight excluding hydrogens is 407 g/mol. The molecule has 0 fully saturated rings. The van der Waals surface area contributed by atoms with Gasteiger partial charge in [0.15, 0.2) is 6.10 Å². The summed E-state index contributed by atoms with van der Waals surface area (Å²) < 4.78 is 46.4. The van der Waals surface area contributed by atoms with E-state index in [4.69, 9.17) is 4.74 Å². The van der Waals surface area contributed by atoms with Gasteiger partial charge in [-0.2, -0.15) is 0 Å². The van der Waals surface area contributed by atoms with Gasteiger partial charge in [0, 0.05) is 5.69 Å². The van der Waals surface area contributed by atoms with E-state index in [0.29, 0.717) is 22.7 Å². The van der Waals surface area contributed by atoms with E-state index >= 15 is 0 Å². The molecule has 1 amide bonds. The second kappa shape index (κ2) is 8.16. The molecule has 1 aliphatic rings. The maximum atomic E-state index is 13.2. The minimum absolute atomic E-state index is 0.167. The number of nitrogens with zero attached hydrogens (tertiary/aromatic N) is 1. The highest BCUT2D eigenvalue weighted by Gasteiger charge is 2.36. The van der Waals surface area contributed by atoms with Crippen molar-refractivity contribution in [2.45, 2.75) is 11.9 Å². The fraction of sp³-hybridized carbons (Fsp3) is 0.136. The number of carbonyl (C=O) groups excluding carboxylic acids is 1. The summed E-state index contributed by atoms with van der Waals surface area (Å²) in [6.45, 7) is -0.167. The van der Waals surface area contributed by atoms with Gasteiger partial charge >= 0.3 is 0 Å². The SMILES string of the molecule is O=C(Nc1ccc(F)cc1)C1CN(S(=O)(=O)Cc2ccccc2)c2ccccc2O1. The van der Waals surface area contributed by atoms with Crippen molar-refractivity contribution in [3.63, 3.8) is 0 Å². The van der Waals surface area contributed by atoms with Gasteiger partial charge in [-0.05, 0) is 42.0 Å². The highest BCUT2D eigenvalue weighted by Crippen LogP contribution is 2.36. The lowest BCUT2D eigenvalue weighted by molar-refractivity contribution is -0.122. The first kappa shape index (κ1) is 19.9. The number of hydrogen-bond donors (Lipinski definition) is 1. The van der Waals surface area contributed by atoms with Gasteiger partial charge in [-0.15, -0.1) is 0 Å². The standard InChI is InChI=1S/C22H19FN2O4S/c23-17-10-12-18(13-11-17)24-22(26)21-14-25(19-8-4-5-9-20(19)29-21)30(27,28)15-16-6-2-1-3-7-16/h1-13,21H,14-15H2,(H,24,26). The van der Waals surface area contributed by atoms with Crippen LogP contribution in [0.25, 0.3) is 0 Å². The Morgan fingerprint density at radius 3 is 2.40 bits per heavy atom. The van der Waals surface area contributed by atoms with Gasteiger partial charge < -0.3 is 10.1 Å². The van der Waals surface area contributed by atoms with Crippen molar-refractivity contribution in [2.75, 3.05) is 16.2 Å². The second-order valence-corrected chi connectivity index (χ2v) is 8.74. The van der Waals surface area contributed by atoms with Gasteiger partial charge in [-0.3, -0.25) is 9.10 Å². The lowest BCUT2D eigenvalue weighted by atomic mass is 10.2. The smallest absolute Gasteiger partial charge is 0.267 e. The van der Waals surface area contributed by atoms with E-state index in [2.05, 4.69) is 5.32 Å². The highest BCUT2D eigenvalue weighted by molar-refractivity contribution is 7.92. The summed E-state index contributed by atoms with van der Waals surface area (Å²) in [4.78, 5) is 12.7. The molecule has 0 spiro atoms. The van der Waals surface area contributed by atoms with Gasteiger partial charge in [-0.25, -0.2) is 12.8 Å². The van der Waals surface area contributed by atoms with Crippen molar-refractivity contribution in [1.82, 2.24) is 0 Å². The minimum atomic E-state index is -3.77. The average Bonchev–Trinajstić information content (AvgIpc) is 2.75. The average molecular weight is 426 g/mol. The number of rotatable bonds is 5. The van der Waals surface area contributed by atoms with Crippen LogP contribution >= 0.6 is 0 Å². The Kier molecular flexibility index (Phi) is 5.41. The van der Waals surface area contributed by atoms with Crippen LogP contribution in [-0.2, 0) is 20.6 Å². The summed E-state index contributed by atoms with van der Waals surface area (Å²) in [6.07, 6.45) is -1.06. The van der Waals surface area contributed by atoms with Crippen LogP contribution in [0.1, 0.15) is 5.56 Å². The van der Waals surface area contributed by atoms with Crippen LogP contribution in [0.5, 0.6) is 5.75 Å². The van der Waals surface area contributed by atoms with Crippen molar-refractivity contribution in [3.8, 4) is 5.75 Å². The van der Waals surface area contributed by atoms with Crippen molar-refractivity contribution >= 4 is 27.3 Å². The maximum Gasteiger partial charge on any atom is 0.267 e. The monoisotopic (exact) mass is 426 g/mol. The number of benzene rings is 3. The van der Waals surface area contributed by atoms with Crippen LogP contribution < -0.4 is 14.4 Å². The molecule has 154 valence electrons. The van der Waals surface area contributed by atoms with Gasteiger partial charge in [0.1, 0.15) is 11.6 Å². The van der Waals surface area contributed by atoms with Gasteiger partial charge in [0.2, 0.25) is 10.0 Å². The first-order valence-electron chi connectivity index (χ1n) is 9.29. The third-order valence-corrected chi connectivity index (χ3v) is 6.38. The number of halogens is 1. The molecule has 0 bridgehead atoms. The molecule has 1 heterocycles. The molecule has 30 heavy (non-hydrogen) atoms. The van der Waals surface area contributed by atoms with E-state index in [-0.39, 0.29) is 12.3 Å². The van der Waals surface area contributed by atoms with E-state index in [1.165, 1.54) is 28.6 Å². The molecule has 1 N–H and O–H groups in total. The predicted octanol–water partition coefficient (Wildman–Crippen LogP) is 3.56. The predicted molar refractivity (Wildman–Crippen MR) is 112 cm³/mol. The molecule has 0 aromatic heterocycles. The summed E-state index contributed by atoms with van der Waals surface area (Å²) in [5, 5.41) is 2.64. The molecule has 4 rings (SSSR count). The molecule has 0 saturated heterocycles. The molecular formula is C22H19FN2O4S. The number of hydrogen-bond acceptors (Lipinski definition) is 4. The molecule has 1 unspecified atom stereocenters. The topological polar surface area (TPSA) is 75.7 Å². The van der Waals surface area contributed by atoms with Gasteiger partial charge in [-0.1, -0.05) is 42.5 Å². The molecule has 0 radical (unpaired) electrons. The van der Waals surface area contributed by atoms with Gasteiger partial charge in [0.25, 0.3) is 5.91 Å². The largest absolute Gasteiger partial charge is 0.476 e. The van der Waals surface area contributed by atoms with E-state index in [9.17, 15) is 17.6 Å². The summed E-state index contributed by atoms with van der Waals surface area (Å²) in [5.74, 6) is -0.834. The van der Waals surface area contributed by atoms with Crippen LogP contribution in [0.3, 0.4) is 0 Å². The fourth-order valence-electron chi connectivity index (χ4n) is 3.22. The third kappa shape index (κ3) is 4.28. The third-order valence-electron chi connectivity index (χ3n) is 4.67. The first-order valence-corrected chi connectivity index (χ1v) is 10.9. The zero-order valence-corrected chi connectivity index (χ0v) is 16.7. The Morgan fingerprint density at radius 2 is 1.67 bits per heavy atom. The van der Waals surface area contributed by atoms with E-state index in [1.807, 2.05) is 6.07 Å². The number of ether oxygens (including phenoxy) is 1. The molecule has 1 atom stereocenters. The van der Waals surface area contributed by atoms with E-state index < -0.39 is 27.9 Å². The maximum absolute atomic E-state index is 13.2. The van der Waals surface area contributed by atoms with E-state index in [0.717, 1.165) is 0 Å². The first-order chi connectivity index (χ1) is 14.4. The van der Waals surface area contributed by atoms with Crippen LogP contribution in [0.4, 0.5) is 15.8 Å². The molecule has 6 nitrogen and oxygen atoms in total. The van der Waals surface area contributed by atoms with Crippen LogP contribution in [0.2, 0.25) is 0 Å². The molecule has 3 aromatic rings. The summed E-state index contributed by atoms with van der Waals surface area (Å²) in [6, 6.07) is 20.8. The quantitative estimate of drug-likeness (QED) is 0.677. The minimum Gasteiger partial charge on any atom is -0.476 e. The number of nitrogens with one attached hydrogen (secondary N) is 1. The number of fused-ring (bicyclic) bond motifs is 1. The fourth-order valence-corrected chi connectivity index (χ4v) is 4.80. The van der Waals surface area contributed by atoms with Crippen molar-refractivity contribution in [2.24, 2.45) is 0 Å². The highest BCUT2D eigenvalue weighted by atomic mass is 32.2. The Hall–Kier alpha value is -3.39. The number of carbonyl (C=O) groups is 1. The Balaban J connectivity index is 1.60. The van der Waals surface area contributed by atoms with Crippen molar-refractivity contribution in [3.05, 3.63) is 90.2 Å². The molecule has 3 aromatic carbocycles. The molecule has 0 aliphatic carbocycles. The van der Waals surface area contributed by atoms with Crippen LogP contribution in [0.15, 0.2) is 78.9 Å². The Bertz CT molecular complexity index is 1150. The Labute approximate surface area is 174 Å². The van der Waals surface area contributed by atoms with E-state index in [1.54, 1.807) is 48.5 Å². The molecule has 8 heteroatoms. The van der Waals surface area contributed by atoms with Crippen LogP contribution in [-0.4, -0.2) is 27.0 Å². The Morgan fingerprint density at radius 1 is 1.00 bits per heavy atom. The zero-order valence-electron chi connectivity index (χ0n) is 15.9. The molecule has 1 aliphatic heterocycles. The summed E-state index contributed by atoms with van der Waals surface area (Å²) >= 11 is 0.